The van der Waals surface area contributed by atoms with Gasteiger partial charge < -0.3 is 25.0 Å². The van der Waals surface area contributed by atoms with E-state index in [9.17, 15) is 4.79 Å². The molecule has 0 aliphatic heterocycles. The van der Waals surface area contributed by atoms with Gasteiger partial charge in [0, 0.05) is 52.5 Å². The van der Waals surface area contributed by atoms with Crippen molar-refractivity contribution < 1.29 is 14.3 Å². The average molecular weight is 348 g/mol. The highest BCUT2D eigenvalue weighted by Crippen LogP contribution is 2.17. The number of likely N-dealkylation sites (N-methyl/N-ethyl adjacent to an activating group) is 1. The summed E-state index contributed by atoms with van der Waals surface area (Å²) in [6.45, 7) is 5.53. The number of ether oxygens (including phenoxy) is 2. The van der Waals surface area contributed by atoms with Gasteiger partial charge in [-0.05, 0) is 12.1 Å². The first-order chi connectivity index (χ1) is 12.1. The number of rotatable bonds is 10. The first-order valence-corrected chi connectivity index (χ1v) is 8.15. The molecule has 0 bridgehead atoms. The first-order valence-electron chi connectivity index (χ1n) is 8.15. The molecular weight excluding hydrogens is 320 g/mol. The van der Waals surface area contributed by atoms with Gasteiger partial charge in [-0.2, -0.15) is 0 Å². The molecule has 0 radical (unpaired) electrons. The number of methoxy groups -OCH3 is 1. The van der Waals surface area contributed by atoms with Gasteiger partial charge in [0.05, 0.1) is 6.61 Å². The summed E-state index contributed by atoms with van der Waals surface area (Å²) < 4.78 is 10.7. The second-order valence-electron chi connectivity index (χ2n) is 5.47. The highest BCUT2D eigenvalue weighted by atomic mass is 16.5. The van der Waals surface area contributed by atoms with Crippen LogP contribution in [0, 0.1) is 0 Å². The molecule has 0 aliphatic rings. The fourth-order valence-electron chi connectivity index (χ4n) is 1.79. The van der Waals surface area contributed by atoms with Crippen molar-refractivity contribution in [1.29, 1.82) is 0 Å². The Labute approximate surface area is 149 Å². The molecule has 0 aromatic heterocycles. The second kappa shape index (κ2) is 11.9. The number of carbonyl (C=O) groups excluding carboxylic acids is 1. The third-order valence-corrected chi connectivity index (χ3v) is 3.14. The molecule has 0 aliphatic carbocycles. The quantitative estimate of drug-likeness (QED) is 0.292. The van der Waals surface area contributed by atoms with Crippen molar-refractivity contribution in [3.05, 3.63) is 36.9 Å². The van der Waals surface area contributed by atoms with Crippen LogP contribution in [-0.2, 0) is 9.53 Å². The van der Waals surface area contributed by atoms with E-state index in [1.165, 1.54) is 4.90 Å². The predicted octanol–water partition coefficient (Wildman–Crippen LogP) is 1.73. The number of aliphatic imine (C=N–C) groups is 1. The van der Waals surface area contributed by atoms with Crippen LogP contribution >= 0.6 is 0 Å². The second-order valence-corrected chi connectivity index (χ2v) is 5.47. The average Bonchev–Trinajstić information content (AvgIpc) is 2.61. The van der Waals surface area contributed by atoms with E-state index >= 15 is 0 Å². The van der Waals surface area contributed by atoms with Crippen LogP contribution < -0.4 is 15.4 Å². The highest BCUT2D eigenvalue weighted by Gasteiger charge is 2.05. The van der Waals surface area contributed by atoms with Crippen molar-refractivity contribution in [3.8, 4) is 5.75 Å². The molecule has 0 spiro atoms. The van der Waals surface area contributed by atoms with Gasteiger partial charge in [0.1, 0.15) is 12.3 Å². The lowest BCUT2D eigenvalue weighted by atomic mass is 10.3. The number of carbonyl (C=O) groups is 1. The van der Waals surface area contributed by atoms with E-state index in [-0.39, 0.29) is 12.5 Å². The van der Waals surface area contributed by atoms with E-state index in [1.807, 2.05) is 24.3 Å². The van der Waals surface area contributed by atoms with Crippen LogP contribution in [0.25, 0.3) is 0 Å². The summed E-state index contributed by atoms with van der Waals surface area (Å²) in [5, 5.41) is 6.25. The van der Waals surface area contributed by atoms with Crippen LogP contribution in [-0.4, -0.2) is 64.3 Å². The van der Waals surface area contributed by atoms with Crippen molar-refractivity contribution in [3.63, 3.8) is 0 Å². The van der Waals surface area contributed by atoms with Crippen LogP contribution in [0.1, 0.15) is 6.42 Å². The molecule has 25 heavy (non-hydrogen) atoms. The zero-order valence-electron chi connectivity index (χ0n) is 15.2. The number of benzene rings is 1. The topological polar surface area (TPSA) is 75.2 Å². The summed E-state index contributed by atoms with van der Waals surface area (Å²) in [6.07, 6.45) is 2.55. The Hall–Kier alpha value is -2.54. The molecule has 7 heteroatoms. The molecule has 138 valence electrons. The minimum Gasteiger partial charge on any atom is -0.493 e. The molecule has 2 N–H and O–H groups in total. The summed E-state index contributed by atoms with van der Waals surface area (Å²) in [7, 11) is 5.07. The van der Waals surface area contributed by atoms with Gasteiger partial charge in [-0.15, -0.1) is 6.58 Å². The number of hydrogen-bond acceptors (Lipinski definition) is 4. The Morgan fingerprint density at radius 1 is 1.36 bits per heavy atom. The highest BCUT2D eigenvalue weighted by molar-refractivity contribution is 5.95. The smallest absolute Gasteiger partial charge is 0.243 e. The van der Waals surface area contributed by atoms with Crippen LogP contribution in [0.3, 0.4) is 0 Å². The SMILES string of the molecule is C=CCNC(=NCC(=O)N(C)C)Nc1cccc(OCCCOC)c1. The summed E-state index contributed by atoms with van der Waals surface area (Å²) >= 11 is 0. The monoisotopic (exact) mass is 348 g/mol. The van der Waals surface area contributed by atoms with E-state index in [4.69, 9.17) is 9.47 Å². The summed E-state index contributed by atoms with van der Waals surface area (Å²) in [5.41, 5.74) is 0.817. The Kier molecular flexibility index (Phi) is 9.77. The molecule has 1 rings (SSSR count). The van der Waals surface area contributed by atoms with Crippen molar-refractivity contribution >= 4 is 17.6 Å². The van der Waals surface area contributed by atoms with Gasteiger partial charge in [-0.25, -0.2) is 4.99 Å². The fraction of sp³-hybridized carbons (Fsp3) is 0.444. The van der Waals surface area contributed by atoms with Gasteiger partial charge in [-0.1, -0.05) is 12.1 Å². The largest absolute Gasteiger partial charge is 0.493 e. The maximum Gasteiger partial charge on any atom is 0.243 e. The van der Waals surface area contributed by atoms with Gasteiger partial charge in [0.2, 0.25) is 5.91 Å². The van der Waals surface area contributed by atoms with Gasteiger partial charge >= 0.3 is 0 Å². The van der Waals surface area contributed by atoms with E-state index in [1.54, 1.807) is 27.3 Å². The normalized spacial score (nSPS) is 10.9. The van der Waals surface area contributed by atoms with Gasteiger partial charge in [-0.3, -0.25) is 4.79 Å². The summed E-state index contributed by atoms with van der Waals surface area (Å²) in [6, 6.07) is 7.57. The molecule has 7 nitrogen and oxygen atoms in total. The van der Waals surface area contributed by atoms with E-state index in [2.05, 4.69) is 22.2 Å². The maximum atomic E-state index is 11.7. The molecule has 0 saturated carbocycles. The number of anilines is 1. The molecular formula is C18H28N4O3. The molecule has 1 amide bonds. The number of guanidine groups is 1. The predicted molar refractivity (Wildman–Crippen MR) is 101 cm³/mol. The molecule has 0 unspecified atom stereocenters. The molecule has 1 aromatic rings. The van der Waals surface area contributed by atoms with Crippen LogP contribution in [0.15, 0.2) is 41.9 Å². The van der Waals surface area contributed by atoms with Gasteiger partial charge in [0.25, 0.3) is 0 Å². The summed E-state index contributed by atoms with van der Waals surface area (Å²) in [4.78, 5) is 17.5. The Morgan fingerprint density at radius 2 is 2.16 bits per heavy atom. The van der Waals surface area contributed by atoms with Crippen molar-refractivity contribution in [2.45, 2.75) is 6.42 Å². The number of nitrogens with zero attached hydrogens (tertiary/aromatic N) is 2. The van der Waals surface area contributed by atoms with E-state index in [0.717, 1.165) is 17.9 Å². The Balaban J connectivity index is 2.70. The van der Waals surface area contributed by atoms with Crippen molar-refractivity contribution in [2.24, 2.45) is 4.99 Å². The Bertz CT molecular complexity index is 573. The third kappa shape index (κ3) is 8.76. The minimum atomic E-state index is -0.0741. The van der Waals surface area contributed by atoms with Crippen molar-refractivity contribution in [1.82, 2.24) is 10.2 Å². The molecule has 0 fully saturated rings. The molecule has 1 aromatic carbocycles. The zero-order valence-corrected chi connectivity index (χ0v) is 15.2. The first kappa shape index (κ1) is 20.5. The zero-order chi connectivity index (χ0) is 18.5. The van der Waals surface area contributed by atoms with E-state index < -0.39 is 0 Å². The van der Waals surface area contributed by atoms with E-state index in [0.29, 0.717) is 25.7 Å². The maximum absolute atomic E-state index is 11.7. The van der Waals surface area contributed by atoms with Crippen molar-refractivity contribution in [2.75, 3.05) is 52.8 Å². The number of nitrogens with one attached hydrogen (secondary N) is 2. The Morgan fingerprint density at radius 3 is 2.84 bits per heavy atom. The van der Waals surface area contributed by atoms with Gasteiger partial charge in [0.15, 0.2) is 5.96 Å². The summed E-state index contributed by atoms with van der Waals surface area (Å²) in [5.74, 6) is 1.19. The van der Waals surface area contributed by atoms with Crippen LogP contribution in [0.4, 0.5) is 5.69 Å². The molecule has 0 saturated heterocycles. The molecule has 0 atom stereocenters. The minimum absolute atomic E-state index is 0.0622. The number of hydrogen-bond donors (Lipinski definition) is 2. The lowest BCUT2D eigenvalue weighted by molar-refractivity contribution is -0.127. The standard InChI is InChI=1S/C18H28N4O3/c1-5-10-19-18(20-14-17(23)22(2)3)21-15-8-6-9-16(13-15)25-12-7-11-24-4/h5-6,8-9,13H,1,7,10-12,14H2,2-4H3,(H2,19,20,21). The third-order valence-electron chi connectivity index (χ3n) is 3.14. The fourth-order valence-corrected chi connectivity index (χ4v) is 1.79. The van der Waals surface area contributed by atoms with Crippen LogP contribution in [0.2, 0.25) is 0 Å². The van der Waals surface area contributed by atoms with Crippen LogP contribution in [0.5, 0.6) is 5.75 Å². The lowest BCUT2D eigenvalue weighted by Gasteiger charge is -2.14. The molecule has 0 heterocycles. The lowest BCUT2D eigenvalue weighted by Crippen LogP contribution is -2.33. The number of amides is 1.